The molecule has 0 aliphatic heterocycles. The molecule has 5 heteroatoms. The molecule has 0 atom stereocenters. The average molecular weight is 198 g/mol. The van der Waals surface area contributed by atoms with E-state index >= 15 is 0 Å². The summed E-state index contributed by atoms with van der Waals surface area (Å²) in [6.07, 6.45) is 2.44. The van der Waals surface area contributed by atoms with Gasteiger partial charge in [0.1, 0.15) is 0 Å². The van der Waals surface area contributed by atoms with E-state index in [0.29, 0.717) is 18.3 Å². The number of H-pyrrole nitrogens is 1. The van der Waals surface area contributed by atoms with Crippen molar-refractivity contribution >= 4 is 0 Å². The van der Waals surface area contributed by atoms with Crippen LogP contribution in [0.3, 0.4) is 0 Å². The Hall–Kier alpha value is -1.10. The van der Waals surface area contributed by atoms with Crippen LogP contribution in [0.15, 0.2) is 9.32 Å². The zero-order valence-corrected chi connectivity index (χ0v) is 8.54. The second kappa shape index (κ2) is 3.57. The first kappa shape index (κ1) is 9.45. The third-order valence-corrected chi connectivity index (χ3v) is 2.42. The normalized spacial score (nSPS) is 16.5. The molecule has 0 saturated heterocycles. The Labute approximate surface area is 82.1 Å². The van der Waals surface area contributed by atoms with Gasteiger partial charge in [-0.2, -0.15) is 0 Å². The van der Waals surface area contributed by atoms with Gasteiger partial charge in [-0.3, -0.25) is 4.52 Å². The average Bonchev–Trinajstić information content (AvgIpc) is 2.87. The van der Waals surface area contributed by atoms with Gasteiger partial charge < -0.3 is 5.32 Å². The van der Waals surface area contributed by atoms with Gasteiger partial charge in [0.05, 0.1) is 6.54 Å². The van der Waals surface area contributed by atoms with E-state index in [9.17, 15) is 4.79 Å². The summed E-state index contributed by atoms with van der Waals surface area (Å²) in [6, 6.07) is 0.822. The van der Waals surface area contributed by atoms with Crippen molar-refractivity contribution in [2.24, 2.45) is 0 Å². The summed E-state index contributed by atoms with van der Waals surface area (Å²) in [4.78, 5) is 11.3. The lowest BCUT2D eigenvalue weighted by Crippen LogP contribution is -2.45. The molecule has 2 rings (SSSR count). The fourth-order valence-electron chi connectivity index (χ4n) is 1.41. The number of aromatic amines is 1. The van der Waals surface area contributed by atoms with Crippen molar-refractivity contribution in [3.8, 4) is 0 Å². The topological polar surface area (TPSA) is 61.9 Å². The summed E-state index contributed by atoms with van der Waals surface area (Å²) in [5, 5.41) is 5.90. The molecule has 14 heavy (non-hydrogen) atoms. The molecule has 0 spiro atoms. The molecule has 0 radical (unpaired) electrons. The lowest BCUT2D eigenvalue weighted by Gasteiger charge is -1.98. The molecule has 1 aromatic rings. The Morgan fingerprint density at radius 2 is 2.36 bits per heavy atom. The third-order valence-electron chi connectivity index (χ3n) is 2.42. The van der Waals surface area contributed by atoms with Crippen molar-refractivity contribution in [3.63, 3.8) is 0 Å². The minimum Gasteiger partial charge on any atom is -0.304 e. The van der Waals surface area contributed by atoms with Crippen molar-refractivity contribution in [3.05, 3.63) is 16.1 Å². The molecule has 1 aromatic heterocycles. The van der Waals surface area contributed by atoms with Crippen molar-refractivity contribution in [1.82, 2.24) is 10.6 Å². The van der Waals surface area contributed by atoms with Gasteiger partial charge in [-0.05, 0) is 32.0 Å². The fraction of sp³-hybridized carbons (Fsp3) is 0.778. The minimum atomic E-state index is -0.271. The van der Waals surface area contributed by atoms with Crippen LogP contribution in [0.1, 0.15) is 38.4 Å². The second-order valence-electron chi connectivity index (χ2n) is 4.05. The van der Waals surface area contributed by atoms with E-state index in [2.05, 4.69) is 10.6 Å². The largest absolute Gasteiger partial charge is 0.431 e. The quantitative estimate of drug-likeness (QED) is 0.674. The molecular weight excluding hydrogens is 182 g/mol. The fourth-order valence-corrected chi connectivity index (χ4v) is 1.41. The first-order chi connectivity index (χ1) is 6.68. The van der Waals surface area contributed by atoms with Gasteiger partial charge >= 0.3 is 11.3 Å². The standard InChI is InChI=1S/C9H15N3O2/c1-6(2)12-8(9(13)14-11-12)5-10-7-3-4-7/h6-7,10H,3-5H2,1-2H3/p+1. The lowest BCUT2D eigenvalue weighted by molar-refractivity contribution is -0.785. The van der Waals surface area contributed by atoms with Gasteiger partial charge in [0.15, 0.2) is 6.04 Å². The Morgan fingerprint density at radius 3 is 2.93 bits per heavy atom. The van der Waals surface area contributed by atoms with Crippen LogP contribution in [0, 0.1) is 0 Å². The predicted molar refractivity (Wildman–Crippen MR) is 49.8 cm³/mol. The Bertz CT molecular complexity index is 362. The van der Waals surface area contributed by atoms with E-state index in [-0.39, 0.29) is 11.7 Å². The SMILES string of the molecule is CC(C)[n+]1[nH]oc(=O)c1CNC1CC1. The molecular formula is C9H16N3O2+. The van der Waals surface area contributed by atoms with Gasteiger partial charge in [-0.15, -0.1) is 0 Å². The number of hydrogen-bond donors (Lipinski definition) is 2. The molecule has 1 fully saturated rings. The molecule has 1 saturated carbocycles. The number of nitrogens with one attached hydrogen (secondary N) is 2. The van der Waals surface area contributed by atoms with Crippen LogP contribution in [-0.4, -0.2) is 11.3 Å². The van der Waals surface area contributed by atoms with Gasteiger partial charge in [0, 0.05) is 6.04 Å². The zero-order chi connectivity index (χ0) is 10.1. The molecule has 1 aliphatic carbocycles. The van der Waals surface area contributed by atoms with Gasteiger partial charge in [0.2, 0.25) is 0 Å². The highest BCUT2D eigenvalue weighted by molar-refractivity contribution is 4.88. The van der Waals surface area contributed by atoms with E-state index in [1.54, 1.807) is 4.68 Å². The van der Waals surface area contributed by atoms with Gasteiger partial charge in [-0.25, -0.2) is 4.79 Å². The molecule has 1 heterocycles. The lowest BCUT2D eigenvalue weighted by atomic mass is 10.3. The highest BCUT2D eigenvalue weighted by atomic mass is 16.5. The minimum absolute atomic E-state index is 0.220. The molecule has 0 amide bonds. The molecule has 0 bridgehead atoms. The highest BCUT2D eigenvalue weighted by Crippen LogP contribution is 2.18. The number of aromatic nitrogens is 2. The third kappa shape index (κ3) is 1.87. The summed E-state index contributed by atoms with van der Waals surface area (Å²) in [5.41, 5.74) is 0.402. The van der Waals surface area contributed by atoms with E-state index in [4.69, 9.17) is 4.52 Å². The maximum Gasteiger partial charge on any atom is 0.431 e. The van der Waals surface area contributed by atoms with E-state index in [0.717, 1.165) is 0 Å². The van der Waals surface area contributed by atoms with Crippen molar-refractivity contribution in [1.29, 1.82) is 0 Å². The van der Waals surface area contributed by atoms with Crippen molar-refractivity contribution in [2.75, 3.05) is 0 Å². The first-order valence-electron chi connectivity index (χ1n) is 5.03. The highest BCUT2D eigenvalue weighted by Gasteiger charge is 2.27. The second-order valence-corrected chi connectivity index (χ2v) is 4.05. The summed E-state index contributed by atoms with van der Waals surface area (Å²) >= 11 is 0. The zero-order valence-electron chi connectivity index (χ0n) is 8.54. The molecule has 0 aromatic carbocycles. The number of rotatable bonds is 4. The first-order valence-corrected chi connectivity index (χ1v) is 5.03. The van der Waals surface area contributed by atoms with Crippen molar-refractivity contribution in [2.45, 2.75) is 45.3 Å². The van der Waals surface area contributed by atoms with E-state index < -0.39 is 0 Å². The smallest absolute Gasteiger partial charge is 0.304 e. The van der Waals surface area contributed by atoms with Crippen LogP contribution in [0.2, 0.25) is 0 Å². The molecule has 1 aliphatic rings. The van der Waals surface area contributed by atoms with Gasteiger partial charge in [-0.1, -0.05) is 4.68 Å². The predicted octanol–water partition coefficient (Wildman–Crippen LogP) is 0.0883. The molecule has 0 unspecified atom stereocenters. The number of hydrogen-bond acceptors (Lipinski definition) is 3. The molecule has 5 nitrogen and oxygen atoms in total. The van der Waals surface area contributed by atoms with Gasteiger partial charge in [0.25, 0.3) is 0 Å². The summed E-state index contributed by atoms with van der Waals surface area (Å²) in [7, 11) is 0. The molecule has 78 valence electrons. The van der Waals surface area contributed by atoms with Crippen LogP contribution in [0.4, 0.5) is 0 Å². The Kier molecular flexibility index (Phi) is 2.41. The summed E-state index contributed by atoms with van der Waals surface area (Å²) in [6.45, 7) is 4.60. The van der Waals surface area contributed by atoms with Crippen molar-refractivity contribution < 1.29 is 9.20 Å². The van der Waals surface area contributed by atoms with E-state index in [1.807, 2.05) is 13.8 Å². The Morgan fingerprint density at radius 1 is 1.64 bits per heavy atom. The maximum absolute atomic E-state index is 11.3. The van der Waals surface area contributed by atoms with Crippen LogP contribution in [0.5, 0.6) is 0 Å². The summed E-state index contributed by atoms with van der Waals surface area (Å²) in [5.74, 6) is 0. The maximum atomic E-state index is 11.3. The van der Waals surface area contributed by atoms with E-state index in [1.165, 1.54) is 12.8 Å². The molecule has 2 N–H and O–H groups in total. The summed E-state index contributed by atoms with van der Waals surface area (Å²) < 4.78 is 6.51. The van der Waals surface area contributed by atoms with Crippen LogP contribution in [0.25, 0.3) is 0 Å². The van der Waals surface area contributed by atoms with Crippen LogP contribution in [-0.2, 0) is 6.54 Å². The van der Waals surface area contributed by atoms with Crippen LogP contribution >= 0.6 is 0 Å². The monoisotopic (exact) mass is 198 g/mol. The number of nitrogens with zero attached hydrogens (tertiary/aromatic N) is 1. The van der Waals surface area contributed by atoms with Crippen LogP contribution < -0.4 is 15.6 Å². The Balaban J connectivity index is 2.11.